The van der Waals surface area contributed by atoms with Crippen molar-refractivity contribution in [1.82, 2.24) is 9.80 Å². The van der Waals surface area contributed by atoms with Crippen molar-refractivity contribution in [2.45, 2.75) is 91.4 Å². The molecule has 0 aromatic heterocycles. The van der Waals surface area contributed by atoms with Gasteiger partial charge in [0.05, 0.1) is 38.6 Å². The van der Waals surface area contributed by atoms with Gasteiger partial charge in [-0.25, -0.2) is 0 Å². The van der Waals surface area contributed by atoms with Gasteiger partial charge in [-0.15, -0.1) is 0 Å². The van der Waals surface area contributed by atoms with E-state index in [1.807, 2.05) is 0 Å². The summed E-state index contributed by atoms with van der Waals surface area (Å²) in [5, 5.41) is 0. The number of rotatable bonds is 16. The van der Waals surface area contributed by atoms with Crippen molar-refractivity contribution in [3.8, 4) is 11.5 Å². The Hall–Kier alpha value is -2.72. The first kappa shape index (κ1) is 37.7. The van der Waals surface area contributed by atoms with Gasteiger partial charge in [-0.05, 0) is 90.8 Å². The molecule has 0 radical (unpaired) electrons. The summed E-state index contributed by atoms with van der Waals surface area (Å²) < 4.78 is 63.7. The number of piperazine rings is 1. The van der Waals surface area contributed by atoms with Crippen molar-refractivity contribution >= 4 is 27.0 Å². The van der Waals surface area contributed by atoms with E-state index in [0.717, 1.165) is 0 Å². The molecular formula is C32H48N2O10P2. The monoisotopic (exact) mass is 682 g/mol. The highest BCUT2D eigenvalue weighted by molar-refractivity contribution is 7.54. The van der Waals surface area contributed by atoms with Gasteiger partial charge in [0, 0.05) is 0 Å². The Labute approximate surface area is 272 Å². The number of benzene rings is 2. The van der Waals surface area contributed by atoms with Crippen LogP contribution in [0.2, 0.25) is 0 Å². The number of ether oxygens (including phenoxy) is 2. The molecule has 1 aliphatic heterocycles. The Morgan fingerprint density at radius 2 is 0.783 bits per heavy atom. The molecule has 2 amide bonds. The quantitative estimate of drug-likeness (QED) is 0.168. The molecular weight excluding hydrogens is 634 g/mol. The molecule has 0 N–H and O–H groups in total. The fourth-order valence-electron chi connectivity index (χ4n) is 5.17. The first-order valence-electron chi connectivity index (χ1n) is 15.3. The number of nitrogens with zero attached hydrogens (tertiary/aromatic N) is 2. The molecule has 2 unspecified atom stereocenters. The summed E-state index contributed by atoms with van der Waals surface area (Å²) in [4.78, 5) is 30.8. The lowest BCUT2D eigenvalue weighted by molar-refractivity contribution is -0.152. The lowest BCUT2D eigenvalue weighted by atomic mass is 10.1. The molecule has 2 aromatic rings. The van der Waals surface area contributed by atoms with Crippen LogP contribution >= 0.6 is 15.2 Å². The molecule has 0 bridgehead atoms. The van der Waals surface area contributed by atoms with Crippen molar-refractivity contribution in [1.29, 1.82) is 0 Å². The molecule has 2 atom stereocenters. The topological polar surface area (TPSA) is 130 Å². The Morgan fingerprint density at radius 3 is 1.00 bits per heavy atom. The lowest BCUT2D eigenvalue weighted by Crippen LogP contribution is -2.55. The first-order valence-corrected chi connectivity index (χ1v) is 18.6. The van der Waals surface area contributed by atoms with E-state index < -0.39 is 76.1 Å². The molecule has 0 saturated carbocycles. The Kier molecular flexibility index (Phi) is 13.1. The number of amides is 2. The van der Waals surface area contributed by atoms with Crippen molar-refractivity contribution < 1.29 is 46.3 Å². The summed E-state index contributed by atoms with van der Waals surface area (Å²) in [5.41, 5.74) is 0.868. The number of methoxy groups -OCH3 is 2. The molecule has 46 heavy (non-hydrogen) atoms. The van der Waals surface area contributed by atoms with Gasteiger partial charge < -0.3 is 37.4 Å². The van der Waals surface area contributed by atoms with E-state index in [1.54, 1.807) is 104 Å². The van der Waals surface area contributed by atoms with Crippen LogP contribution in [-0.2, 0) is 36.8 Å². The van der Waals surface area contributed by atoms with E-state index in [0.29, 0.717) is 22.6 Å². The Bertz CT molecular complexity index is 1280. The predicted octanol–water partition coefficient (Wildman–Crippen LogP) is 7.16. The van der Waals surface area contributed by atoms with Gasteiger partial charge in [0.25, 0.3) is 0 Å². The molecule has 1 saturated heterocycles. The zero-order chi connectivity index (χ0) is 34.4. The average Bonchev–Trinajstić information content (AvgIpc) is 2.94. The summed E-state index contributed by atoms with van der Waals surface area (Å²) in [6.45, 7) is 12.7. The van der Waals surface area contributed by atoms with E-state index in [1.165, 1.54) is 24.0 Å². The highest BCUT2D eigenvalue weighted by Crippen LogP contribution is 2.66. The normalized spacial score (nSPS) is 16.1. The molecule has 12 nitrogen and oxygen atoms in total. The first-order chi connectivity index (χ1) is 21.5. The van der Waals surface area contributed by atoms with Gasteiger partial charge >= 0.3 is 15.2 Å². The second kappa shape index (κ2) is 15.9. The van der Waals surface area contributed by atoms with Gasteiger partial charge in [-0.1, -0.05) is 24.3 Å². The van der Waals surface area contributed by atoms with Gasteiger partial charge in [-0.2, -0.15) is 0 Å². The highest BCUT2D eigenvalue weighted by atomic mass is 31.2. The summed E-state index contributed by atoms with van der Waals surface area (Å²) in [5.74, 6) is -2.53. The Balaban J connectivity index is 2.15. The predicted molar refractivity (Wildman–Crippen MR) is 175 cm³/mol. The SMILES string of the molecule is COc1ccc(C(N2CC(=O)N(C(c3ccc(OC)cc3)P(=O)(OC(C)C)OC(C)C)CC2=O)P(=O)(OC(C)C)OC(C)C)cc1. The minimum Gasteiger partial charge on any atom is -0.497 e. The van der Waals surface area contributed by atoms with E-state index in [2.05, 4.69) is 0 Å². The van der Waals surface area contributed by atoms with Crippen LogP contribution in [0.4, 0.5) is 0 Å². The highest BCUT2D eigenvalue weighted by Gasteiger charge is 2.52. The van der Waals surface area contributed by atoms with Gasteiger partial charge in [0.2, 0.25) is 11.8 Å². The van der Waals surface area contributed by atoms with Gasteiger partial charge in [0.1, 0.15) is 24.6 Å². The summed E-state index contributed by atoms with van der Waals surface area (Å²) in [6.07, 6.45) is -2.10. The molecule has 1 fully saturated rings. The van der Waals surface area contributed by atoms with Crippen molar-refractivity contribution in [2.75, 3.05) is 27.3 Å². The molecule has 256 valence electrons. The smallest absolute Gasteiger partial charge is 0.358 e. The molecule has 14 heteroatoms. The minimum absolute atomic E-state index is 0.434. The molecule has 0 spiro atoms. The second-order valence-corrected chi connectivity index (χ2v) is 16.0. The maximum atomic E-state index is 14.6. The molecule has 1 aliphatic rings. The Morgan fingerprint density at radius 1 is 0.522 bits per heavy atom. The van der Waals surface area contributed by atoms with E-state index in [-0.39, 0.29) is 0 Å². The zero-order valence-corrected chi connectivity index (χ0v) is 30.2. The minimum atomic E-state index is -4.12. The third-order valence-electron chi connectivity index (χ3n) is 6.70. The van der Waals surface area contributed by atoms with Crippen molar-refractivity contribution in [2.24, 2.45) is 0 Å². The van der Waals surface area contributed by atoms with Crippen molar-refractivity contribution in [3.63, 3.8) is 0 Å². The second-order valence-electron chi connectivity index (χ2n) is 12.0. The number of carbonyl (C=O) groups is 2. The molecule has 1 heterocycles. The largest absolute Gasteiger partial charge is 0.497 e. The van der Waals surface area contributed by atoms with Crippen LogP contribution in [0.1, 0.15) is 78.1 Å². The van der Waals surface area contributed by atoms with Crippen LogP contribution in [0, 0.1) is 0 Å². The number of hydrogen-bond acceptors (Lipinski definition) is 10. The summed E-state index contributed by atoms with van der Waals surface area (Å²) in [7, 11) is -5.21. The van der Waals surface area contributed by atoms with Crippen LogP contribution in [-0.4, -0.2) is 73.3 Å². The maximum absolute atomic E-state index is 14.6. The van der Waals surface area contributed by atoms with Gasteiger partial charge in [0.15, 0.2) is 11.6 Å². The average molecular weight is 683 g/mol. The van der Waals surface area contributed by atoms with Crippen molar-refractivity contribution in [3.05, 3.63) is 59.7 Å². The summed E-state index contributed by atoms with van der Waals surface area (Å²) >= 11 is 0. The zero-order valence-electron chi connectivity index (χ0n) is 28.4. The lowest BCUT2D eigenvalue weighted by Gasteiger charge is -2.44. The summed E-state index contributed by atoms with van der Waals surface area (Å²) in [6, 6.07) is 13.3. The third-order valence-corrected chi connectivity index (χ3v) is 11.9. The van der Waals surface area contributed by atoms with Crippen LogP contribution in [0.15, 0.2) is 48.5 Å². The van der Waals surface area contributed by atoms with Crippen LogP contribution in [0.3, 0.4) is 0 Å². The molecule has 0 aliphatic carbocycles. The number of carbonyl (C=O) groups excluding carboxylic acids is 2. The molecule has 2 aromatic carbocycles. The van der Waals surface area contributed by atoms with E-state index in [4.69, 9.17) is 27.6 Å². The van der Waals surface area contributed by atoms with E-state index >= 15 is 0 Å². The fourth-order valence-corrected chi connectivity index (χ4v) is 10.3. The molecule has 3 rings (SSSR count). The van der Waals surface area contributed by atoms with Crippen LogP contribution in [0.5, 0.6) is 11.5 Å². The maximum Gasteiger partial charge on any atom is 0.358 e. The van der Waals surface area contributed by atoms with E-state index in [9.17, 15) is 18.7 Å². The fraction of sp³-hybridized carbons (Fsp3) is 0.562. The number of hydrogen-bond donors (Lipinski definition) is 0. The van der Waals surface area contributed by atoms with Crippen LogP contribution in [0.25, 0.3) is 0 Å². The van der Waals surface area contributed by atoms with Gasteiger partial charge in [-0.3, -0.25) is 18.7 Å². The van der Waals surface area contributed by atoms with Crippen LogP contribution < -0.4 is 9.47 Å². The third kappa shape index (κ3) is 9.21. The standard InChI is InChI=1S/C32H48N2O10P2/c1-21(2)41-45(37,42-22(3)4)31(25-11-15-27(39-9)16-12-25)33-19-30(36)34(20-29(33)35)32(26-13-17-28(40-10)18-14-26)46(38,43-23(5)6)44-24(7)8/h11-18,21-24,31-32H,19-20H2,1-10H3.